The molecule has 148 valence electrons. The van der Waals surface area contributed by atoms with Crippen LogP contribution in [-0.4, -0.2) is 34.3 Å². The highest BCUT2D eigenvalue weighted by molar-refractivity contribution is 14.0. The number of rotatable bonds is 7. The monoisotopic (exact) mass is 510 g/mol. The van der Waals surface area contributed by atoms with Crippen LogP contribution in [0.15, 0.2) is 66.2 Å². The standard InChI is InChI=1S/C20H23ClN6.HI/c1-22-20(24-9-8-16-4-3-7-19(21)11-16)25-12-17-5-2-6-18(10-17)13-27-15-23-14-26-27;/h2-7,10-11,14-15H,8-9,12-13H2,1H3,(H2,22,24,25);1H. The van der Waals surface area contributed by atoms with Gasteiger partial charge in [0.2, 0.25) is 0 Å². The van der Waals surface area contributed by atoms with Crippen LogP contribution in [0.2, 0.25) is 5.02 Å². The summed E-state index contributed by atoms with van der Waals surface area (Å²) in [5.74, 6) is 0.777. The summed E-state index contributed by atoms with van der Waals surface area (Å²) in [6, 6.07) is 16.3. The largest absolute Gasteiger partial charge is 0.356 e. The highest BCUT2D eigenvalue weighted by Crippen LogP contribution is 2.10. The molecule has 0 aliphatic rings. The minimum atomic E-state index is 0. The molecule has 3 aromatic rings. The van der Waals surface area contributed by atoms with E-state index in [1.54, 1.807) is 19.7 Å². The molecule has 1 heterocycles. The lowest BCUT2D eigenvalue weighted by Crippen LogP contribution is -2.37. The maximum absolute atomic E-state index is 6.02. The summed E-state index contributed by atoms with van der Waals surface area (Å²) in [6.45, 7) is 2.19. The van der Waals surface area contributed by atoms with E-state index in [2.05, 4.69) is 56.0 Å². The zero-order chi connectivity index (χ0) is 18.9. The molecule has 6 nitrogen and oxygen atoms in total. The molecular weight excluding hydrogens is 487 g/mol. The maximum Gasteiger partial charge on any atom is 0.191 e. The Balaban J connectivity index is 0.00000280. The molecule has 28 heavy (non-hydrogen) atoms. The van der Waals surface area contributed by atoms with Gasteiger partial charge in [0.15, 0.2) is 5.96 Å². The van der Waals surface area contributed by atoms with E-state index >= 15 is 0 Å². The van der Waals surface area contributed by atoms with Gasteiger partial charge in [-0.3, -0.25) is 4.99 Å². The second-order valence-electron chi connectivity index (χ2n) is 6.15. The minimum Gasteiger partial charge on any atom is -0.356 e. The Kier molecular flexibility index (Phi) is 9.22. The molecule has 0 atom stereocenters. The molecule has 0 unspecified atom stereocenters. The lowest BCUT2D eigenvalue weighted by atomic mass is 10.1. The van der Waals surface area contributed by atoms with Crippen LogP contribution in [0, 0.1) is 0 Å². The van der Waals surface area contributed by atoms with Crippen LogP contribution in [0.25, 0.3) is 0 Å². The molecule has 2 aromatic carbocycles. The molecule has 0 bridgehead atoms. The van der Waals surface area contributed by atoms with Crippen LogP contribution >= 0.6 is 35.6 Å². The first-order valence-electron chi connectivity index (χ1n) is 8.82. The fourth-order valence-corrected chi connectivity index (χ4v) is 2.98. The van der Waals surface area contributed by atoms with Crippen molar-refractivity contribution in [2.45, 2.75) is 19.5 Å². The average molecular weight is 511 g/mol. The van der Waals surface area contributed by atoms with Crippen LogP contribution < -0.4 is 10.6 Å². The molecule has 0 amide bonds. The number of hydrogen-bond donors (Lipinski definition) is 2. The molecule has 8 heteroatoms. The molecule has 0 saturated heterocycles. The van der Waals surface area contributed by atoms with Gasteiger partial charge in [0.05, 0.1) is 6.54 Å². The summed E-state index contributed by atoms with van der Waals surface area (Å²) >= 11 is 6.02. The number of nitrogens with one attached hydrogen (secondary N) is 2. The number of aliphatic imine (C=N–C) groups is 1. The van der Waals surface area contributed by atoms with E-state index in [-0.39, 0.29) is 24.0 Å². The number of aromatic nitrogens is 3. The highest BCUT2D eigenvalue weighted by Gasteiger charge is 2.02. The molecule has 1 aromatic heterocycles. The normalized spacial score (nSPS) is 11.0. The molecule has 0 spiro atoms. The predicted octanol–water partition coefficient (Wildman–Crippen LogP) is 3.51. The fourth-order valence-electron chi connectivity index (χ4n) is 2.76. The molecule has 0 aliphatic heterocycles. The van der Waals surface area contributed by atoms with E-state index in [0.717, 1.165) is 23.9 Å². The average Bonchev–Trinajstić information content (AvgIpc) is 3.18. The maximum atomic E-state index is 6.02. The van der Waals surface area contributed by atoms with Crippen molar-refractivity contribution in [2.75, 3.05) is 13.6 Å². The molecule has 0 aliphatic carbocycles. The van der Waals surface area contributed by atoms with Crippen LogP contribution in [0.4, 0.5) is 0 Å². The van der Waals surface area contributed by atoms with Gasteiger partial charge in [0.1, 0.15) is 12.7 Å². The van der Waals surface area contributed by atoms with Crippen molar-refractivity contribution in [3.8, 4) is 0 Å². The van der Waals surface area contributed by atoms with Crippen LogP contribution in [0.1, 0.15) is 16.7 Å². The van der Waals surface area contributed by atoms with Crippen molar-refractivity contribution >= 4 is 41.5 Å². The number of benzene rings is 2. The smallest absolute Gasteiger partial charge is 0.191 e. The van der Waals surface area contributed by atoms with Crippen LogP contribution in [0.3, 0.4) is 0 Å². The Morgan fingerprint density at radius 1 is 1.07 bits per heavy atom. The van der Waals surface area contributed by atoms with Gasteiger partial charge in [-0.15, -0.1) is 24.0 Å². The predicted molar refractivity (Wildman–Crippen MR) is 124 cm³/mol. The summed E-state index contributed by atoms with van der Waals surface area (Å²) < 4.78 is 1.81. The third kappa shape index (κ3) is 7.12. The van der Waals surface area contributed by atoms with E-state index in [4.69, 9.17) is 11.6 Å². The van der Waals surface area contributed by atoms with Crippen LogP contribution in [0.5, 0.6) is 0 Å². The molecule has 3 rings (SSSR count). The Morgan fingerprint density at radius 3 is 2.61 bits per heavy atom. The van der Waals surface area contributed by atoms with Gasteiger partial charge in [-0.1, -0.05) is 48.0 Å². The second-order valence-corrected chi connectivity index (χ2v) is 6.58. The van der Waals surface area contributed by atoms with Crippen molar-refractivity contribution in [1.29, 1.82) is 0 Å². The first-order valence-corrected chi connectivity index (χ1v) is 9.20. The van der Waals surface area contributed by atoms with Gasteiger partial charge in [0, 0.05) is 25.2 Å². The molecule has 0 saturated carbocycles. The van der Waals surface area contributed by atoms with Crippen molar-refractivity contribution in [3.05, 3.63) is 82.9 Å². The Bertz CT molecular complexity index is 882. The quantitative estimate of drug-likeness (QED) is 0.290. The van der Waals surface area contributed by atoms with Gasteiger partial charge in [0.25, 0.3) is 0 Å². The van der Waals surface area contributed by atoms with Gasteiger partial charge in [-0.25, -0.2) is 9.67 Å². The van der Waals surface area contributed by atoms with Crippen molar-refractivity contribution in [3.63, 3.8) is 0 Å². The summed E-state index contributed by atoms with van der Waals surface area (Å²) in [6.07, 6.45) is 4.15. The number of hydrogen-bond acceptors (Lipinski definition) is 3. The Morgan fingerprint density at radius 2 is 1.86 bits per heavy atom. The van der Waals surface area contributed by atoms with Crippen molar-refractivity contribution in [1.82, 2.24) is 25.4 Å². The second kappa shape index (κ2) is 11.7. The van der Waals surface area contributed by atoms with Crippen molar-refractivity contribution < 1.29 is 0 Å². The van der Waals surface area contributed by atoms with Crippen molar-refractivity contribution in [2.24, 2.45) is 4.99 Å². The lowest BCUT2D eigenvalue weighted by molar-refractivity contribution is 0.683. The van der Waals surface area contributed by atoms with E-state index in [0.29, 0.717) is 13.1 Å². The third-order valence-electron chi connectivity index (χ3n) is 4.08. The summed E-state index contributed by atoms with van der Waals surface area (Å²) in [5.41, 5.74) is 3.57. The Labute approximate surface area is 187 Å². The van der Waals surface area contributed by atoms with Gasteiger partial charge < -0.3 is 10.6 Å². The summed E-state index contributed by atoms with van der Waals surface area (Å²) in [4.78, 5) is 8.26. The topological polar surface area (TPSA) is 67.1 Å². The summed E-state index contributed by atoms with van der Waals surface area (Å²) in [5, 5.41) is 11.6. The molecule has 0 radical (unpaired) electrons. The first-order chi connectivity index (χ1) is 13.2. The number of guanidine groups is 1. The highest BCUT2D eigenvalue weighted by atomic mass is 127. The minimum absolute atomic E-state index is 0. The van der Waals surface area contributed by atoms with Gasteiger partial charge in [-0.05, 0) is 35.2 Å². The van der Waals surface area contributed by atoms with Gasteiger partial charge in [-0.2, -0.15) is 5.10 Å². The fraction of sp³-hybridized carbons (Fsp3) is 0.250. The first kappa shape index (κ1) is 22.2. The van der Waals surface area contributed by atoms with E-state index in [9.17, 15) is 0 Å². The van der Waals surface area contributed by atoms with Gasteiger partial charge >= 0.3 is 0 Å². The number of halogens is 2. The van der Waals surface area contributed by atoms with Crippen LogP contribution in [-0.2, 0) is 19.5 Å². The summed E-state index contributed by atoms with van der Waals surface area (Å²) in [7, 11) is 1.77. The zero-order valence-electron chi connectivity index (χ0n) is 15.7. The SMILES string of the molecule is CN=C(NCCc1cccc(Cl)c1)NCc1cccc(Cn2cncn2)c1.I. The van der Waals surface area contributed by atoms with E-state index in [1.165, 1.54) is 16.7 Å². The molecule has 0 fully saturated rings. The molecule has 2 N–H and O–H groups in total. The third-order valence-corrected chi connectivity index (χ3v) is 4.32. The lowest BCUT2D eigenvalue weighted by Gasteiger charge is -2.13. The number of nitrogens with zero attached hydrogens (tertiary/aromatic N) is 4. The Hall–Kier alpha value is -2.13. The zero-order valence-corrected chi connectivity index (χ0v) is 18.8. The van der Waals surface area contributed by atoms with E-state index < -0.39 is 0 Å². The molecular formula is C20H24ClIN6. The van der Waals surface area contributed by atoms with E-state index in [1.807, 2.05) is 22.9 Å².